The predicted molar refractivity (Wildman–Crippen MR) is 503 cm³/mol. The van der Waals surface area contributed by atoms with Gasteiger partial charge in [-0.1, -0.05) is 376 Å². The van der Waals surface area contributed by atoms with Crippen molar-refractivity contribution in [2.45, 2.75) is 135 Å². The molecule has 0 fully saturated rings. The molecule has 0 bridgehead atoms. The van der Waals surface area contributed by atoms with Crippen LogP contribution in [0, 0.1) is 0 Å². The van der Waals surface area contributed by atoms with Gasteiger partial charge in [0.05, 0.1) is 22.2 Å². The Hall–Kier alpha value is -12.9. The molecule has 1 atom stereocenters. The Balaban J connectivity index is 0.740. The summed E-state index contributed by atoms with van der Waals surface area (Å²) < 4.78 is 0. The molecule has 21 rings (SSSR count). The van der Waals surface area contributed by atoms with Gasteiger partial charge in [0.15, 0.2) is 0 Å². The van der Waals surface area contributed by atoms with Crippen LogP contribution in [-0.4, -0.2) is 0 Å². The van der Waals surface area contributed by atoms with Crippen LogP contribution in [0.15, 0.2) is 352 Å². The molecule has 119 heavy (non-hydrogen) atoms. The highest BCUT2D eigenvalue weighted by atomic mass is 15.2. The van der Waals surface area contributed by atoms with Crippen LogP contribution in [0.2, 0.25) is 0 Å². The Labute approximate surface area is 703 Å². The molecular formula is C117H100N2. The zero-order valence-electron chi connectivity index (χ0n) is 70.9. The summed E-state index contributed by atoms with van der Waals surface area (Å²) in [6.07, 6.45) is 0. The van der Waals surface area contributed by atoms with Crippen molar-refractivity contribution in [2.75, 3.05) is 9.80 Å². The third-order valence-corrected chi connectivity index (χ3v) is 27.3. The minimum absolute atomic E-state index is 0.0667. The van der Waals surface area contributed by atoms with E-state index in [1.54, 1.807) is 0 Å². The Kier molecular flexibility index (Phi) is 16.5. The Morgan fingerprint density at radius 3 is 0.916 bits per heavy atom. The molecule has 0 amide bonds. The maximum atomic E-state index is 2.63. The molecule has 16 aromatic rings. The lowest BCUT2D eigenvalue weighted by molar-refractivity contribution is 0.586. The Morgan fingerprint density at radius 2 is 0.487 bits per heavy atom. The van der Waals surface area contributed by atoms with Crippen molar-refractivity contribution in [3.05, 3.63) is 430 Å². The van der Waals surface area contributed by atoms with E-state index in [9.17, 15) is 0 Å². The second kappa shape index (κ2) is 26.6. The fraction of sp³-hybridized carbons (Fsp3) is 0.179. The van der Waals surface area contributed by atoms with Crippen LogP contribution in [0.4, 0.5) is 34.1 Å². The maximum Gasteiger partial charge on any atom is 0.0726 e. The van der Waals surface area contributed by atoms with Gasteiger partial charge in [0, 0.05) is 39.3 Å². The zero-order valence-corrected chi connectivity index (χ0v) is 70.9. The van der Waals surface area contributed by atoms with Crippen LogP contribution in [0.1, 0.15) is 175 Å². The smallest absolute Gasteiger partial charge is 0.0726 e. The van der Waals surface area contributed by atoms with E-state index in [4.69, 9.17) is 0 Å². The quantitative estimate of drug-likeness (QED) is 0.135. The molecule has 0 N–H and O–H groups in total. The molecule has 0 aromatic heterocycles. The summed E-state index contributed by atoms with van der Waals surface area (Å²) in [4.78, 5) is 5.11. The molecule has 578 valence electrons. The molecule has 2 nitrogen and oxygen atoms in total. The summed E-state index contributed by atoms with van der Waals surface area (Å²) in [5.41, 5.74) is 45.7. The SMILES string of the molecule is CC(C)(C)c1ccc2c(c1)C1(c3cc(C(C)(C)C)ccc3-2)c2ccccc2-c2c(N(c3ccc(-c4ccccc4)cc3)c3ccc4c(c3)C(C)(C)c3cc(-c5cc(C(C)(C)C)cc6c5-c5ccc(C(C)(C)C)cc5C65c6ccccc6-c6c(N(c7ccc(-c8ccccc8)cc7)c7ccc(-c8ccccc8)cc7)cccc65)ccc3-4)cccc21. The lowest BCUT2D eigenvalue weighted by Crippen LogP contribution is -2.27. The standard InChI is InChI=1S/C117H100N2/c1-111(2,3)80-51-62-90-91-63-52-81(112(4,5)6)69-103(91)116(102(90)68-80)96-38-26-24-36-92(96)109-98(116)40-28-43-107(109)119(86-58-48-78(49-59-86)75-34-22-17-23-35-75)87-60-65-89-88-61-50-79(66-100(88)115(13,14)101(89)72-87)95-67-83(114(10,11)12)71-105-108(95)94-64-53-82(113(7,8)9)70-104(94)117(105)97-39-27-25-37-93(97)110-99(117)41-29-42-106(110)118(84-54-44-76(45-55-84)73-30-18-15-19-31-73)85-56-46-77(47-57-85)74-32-20-16-21-33-74/h15-72H,1-14H3. The monoisotopic (exact) mass is 1530 g/mol. The van der Waals surface area contributed by atoms with E-state index in [0.29, 0.717) is 0 Å². The average molecular weight is 1530 g/mol. The van der Waals surface area contributed by atoms with Crippen LogP contribution in [0.3, 0.4) is 0 Å². The fourth-order valence-electron chi connectivity index (χ4n) is 21.2. The highest BCUT2D eigenvalue weighted by Gasteiger charge is 2.56. The van der Waals surface area contributed by atoms with E-state index in [1.165, 1.54) is 178 Å². The molecule has 16 aromatic carbocycles. The number of benzene rings is 16. The van der Waals surface area contributed by atoms with E-state index < -0.39 is 16.2 Å². The maximum absolute atomic E-state index is 2.63. The molecule has 0 heterocycles. The van der Waals surface area contributed by atoms with Gasteiger partial charge in [-0.25, -0.2) is 0 Å². The summed E-state index contributed by atoms with van der Waals surface area (Å²) in [7, 11) is 0. The van der Waals surface area contributed by atoms with Crippen molar-refractivity contribution in [3.8, 4) is 100 Å². The normalized spacial score (nSPS) is 15.1. The highest BCUT2D eigenvalue weighted by molar-refractivity contribution is 6.06. The molecule has 0 saturated heterocycles. The van der Waals surface area contributed by atoms with E-state index in [2.05, 4.69) is 459 Å². The van der Waals surface area contributed by atoms with Gasteiger partial charge in [-0.15, -0.1) is 0 Å². The first-order chi connectivity index (χ1) is 57.3. The topological polar surface area (TPSA) is 6.48 Å². The molecule has 2 spiro atoms. The molecule has 0 radical (unpaired) electrons. The summed E-state index contributed by atoms with van der Waals surface area (Å²) >= 11 is 0. The third kappa shape index (κ3) is 11.2. The first-order valence-electron chi connectivity index (χ1n) is 42.8. The Bertz CT molecular complexity index is 6660. The highest BCUT2D eigenvalue weighted by Crippen LogP contribution is 2.69. The van der Waals surface area contributed by atoms with E-state index in [1.807, 2.05) is 0 Å². The molecular weight excluding hydrogens is 1430 g/mol. The van der Waals surface area contributed by atoms with Crippen LogP contribution >= 0.6 is 0 Å². The first kappa shape index (κ1) is 73.7. The van der Waals surface area contributed by atoms with Crippen LogP contribution in [0.5, 0.6) is 0 Å². The molecule has 5 aliphatic carbocycles. The molecule has 0 saturated carbocycles. The van der Waals surface area contributed by atoms with Gasteiger partial charge in [-0.3, -0.25) is 0 Å². The van der Waals surface area contributed by atoms with Crippen LogP contribution < -0.4 is 9.80 Å². The van der Waals surface area contributed by atoms with Gasteiger partial charge in [0.1, 0.15) is 0 Å². The van der Waals surface area contributed by atoms with Gasteiger partial charge in [-0.05, 0) is 261 Å². The minimum atomic E-state index is -0.695. The molecule has 5 aliphatic rings. The largest absolute Gasteiger partial charge is 0.310 e. The summed E-state index contributed by atoms with van der Waals surface area (Å²) in [6.45, 7) is 33.4. The fourth-order valence-corrected chi connectivity index (χ4v) is 21.2. The van der Waals surface area contributed by atoms with Gasteiger partial charge < -0.3 is 9.80 Å². The predicted octanol–water partition coefficient (Wildman–Crippen LogP) is 31.5. The van der Waals surface area contributed by atoms with E-state index >= 15 is 0 Å². The average Bonchev–Trinajstić information content (AvgIpc) is 1.50. The number of anilines is 6. The summed E-state index contributed by atoms with van der Waals surface area (Å²) in [5, 5.41) is 0. The van der Waals surface area contributed by atoms with E-state index in [-0.39, 0.29) is 21.7 Å². The number of rotatable bonds is 10. The van der Waals surface area contributed by atoms with Crippen molar-refractivity contribution in [2.24, 2.45) is 0 Å². The zero-order chi connectivity index (χ0) is 81.6. The van der Waals surface area contributed by atoms with Crippen LogP contribution in [-0.2, 0) is 37.9 Å². The second-order valence-corrected chi connectivity index (χ2v) is 38.7. The van der Waals surface area contributed by atoms with Crippen LogP contribution in [0.25, 0.3) is 100 Å². The third-order valence-electron chi connectivity index (χ3n) is 27.3. The number of fused-ring (bicyclic) bond motifs is 23. The number of hydrogen-bond acceptors (Lipinski definition) is 2. The van der Waals surface area contributed by atoms with Gasteiger partial charge in [-0.2, -0.15) is 0 Å². The minimum Gasteiger partial charge on any atom is -0.310 e. The Morgan fingerprint density at radius 1 is 0.185 bits per heavy atom. The molecule has 0 aliphatic heterocycles. The number of hydrogen-bond donors (Lipinski definition) is 0. The van der Waals surface area contributed by atoms with Crippen molar-refractivity contribution in [1.82, 2.24) is 0 Å². The summed E-state index contributed by atoms with van der Waals surface area (Å²) in [5.74, 6) is 0. The van der Waals surface area contributed by atoms with E-state index in [0.717, 1.165) is 34.1 Å². The number of nitrogens with zero attached hydrogens (tertiary/aromatic N) is 2. The van der Waals surface area contributed by atoms with Crippen molar-refractivity contribution in [3.63, 3.8) is 0 Å². The van der Waals surface area contributed by atoms with Gasteiger partial charge in [0.25, 0.3) is 0 Å². The lowest BCUT2D eigenvalue weighted by atomic mass is 9.68. The van der Waals surface area contributed by atoms with Gasteiger partial charge in [0.2, 0.25) is 0 Å². The lowest BCUT2D eigenvalue weighted by Gasteiger charge is -2.34. The first-order valence-corrected chi connectivity index (χ1v) is 42.8. The summed E-state index contributed by atoms with van der Waals surface area (Å²) in [6, 6.07) is 136. The molecule has 2 heteroatoms. The van der Waals surface area contributed by atoms with Gasteiger partial charge >= 0.3 is 0 Å². The van der Waals surface area contributed by atoms with Crippen molar-refractivity contribution < 1.29 is 0 Å². The second-order valence-electron chi connectivity index (χ2n) is 38.7. The molecule has 1 unspecified atom stereocenters. The van der Waals surface area contributed by atoms with Crippen molar-refractivity contribution >= 4 is 34.1 Å². The van der Waals surface area contributed by atoms with Crippen molar-refractivity contribution in [1.29, 1.82) is 0 Å².